The molecule has 0 aliphatic rings. The van der Waals surface area contributed by atoms with Crippen LogP contribution in [-0.2, 0) is 26.2 Å². The smallest absolute Gasteiger partial charge is 0.270 e. The first-order valence-electron chi connectivity index (χ1n) is 29.8. The van der Waals surface area contributed by atoms with Gasteiger partial charge in [-0.2, -0.15) is 25.5 Å². The molecule has 0 bridgehead atoms. The SMILES string of the molecule is CCn1cc2cc(F)ccc2n1.CCn1nc2ccc(F)cc2c1C(=O)c1cc(Br)c(O)c(Br)n1.CCn1nc2ccc(F)cc2c1C(=O)c1ccc(O)cn1.CCn1nc2ccc(F)cc2c1C(=O)c1ccc(OC)cn1.COc1ccc(C(=O)Cl)nc1.Fc1ccc2[nH]ncc2c1. The van der Waals surface area contributed by atoms with Crippen LogP contribution in [0.25, 0.3) is 54.5 Å². The maximum atomic E-state index is 13.6. The second kappa shape index (κ2) is 32.7. The van der Waals surface area contributed by atoms with E-state index in [1.807, 2.05) is 33.9 Å². The van der Waals surface area contributed by atoms with Gasteiger partial charge in [0.1, 0.15) is 90.8 Å². The van der Waals surface area contributed by atoms with E-state index in [2.05, 4.69) is 82.4 Å². The van der Waals surface area contributed by atoms with E-state index in [0.29, 0.717) is 79.7 Å². The van der Waals surface area contributed by atoms with E-state index < -0.39 is 28.5 Å². The summed E-state index contributed by atoms with van der Waals surface area (Å²) in [7, 11) is 3.06. The average molecular weight is 1500 g/mol. The third-order valence-corrected chi connectivity index (χ3v) is 15.7. The number of hydrogen-bond donors (Lipinski definition) is 3. The highest BCUT2D eigenvalue weighted by Crippen LogP contribution is 2.33. The van der Waals surface area contributed by atoms with Crippen molar-refractivity contribution in [3.8, 4) is 23.0 Å². The Morgan fingerprint density at radius 2 is 0.909 bits per heavy atom. The van der Waals surface area contributed by atoms with Crippen molar-refractivity contribution in [2.24, 2.45) is 0 Å². The zero-order chi connectivity index (χ0) is 71.2. The van der Waals surface area contributed by atoms with Crippen LogP contribution >= 0.6 is 43.5 Å². The van der Waals surface area contributed by atoms with Gasteiger partial charge in [0.15, 0.2) is 5.75 Å². The lowest BCUT2D eigenvalue weighted by Gasteiger charge is -2.06. The molecule has 14 aromatic rings. The molecule has 14 rings (SSSR count). The fourth-order valence-electron chi connectivity index (χ4n) is 9.57. The minimum atomic E-state index is -0.562. The van der Waals surface area contributed by atoms with Gasteiger partial charge in [-0.3, -0.25) is 43.0 Å². The second-order valence-corrected chi connectivity index (χ2v) is 22.7. The number of H-pyrrole nitrogens is 1. The van der Waals surface area contributed by atoms with Crippen molar-refractivity contribution in [3.05, 3.63) is 242 Å². The van der Waals surface area contributed by atoms with E-state index >= 15 is 0 Å². The summed E-state index contributed by atoms with van der Waals surface area (Å²) in [6.45, 7) is 9.83. The minimum absolute atomic E-state index is 0.0218. The monoisotopic (exact) mass is 1500 g/mol. The topological polar surface area (TPSA) is 279 Å². The molecule has 0 radical (unpaired) electrons. The van der Waals surface area contributed by atoms with E-state index in [4.69, 9.17) is 21.1 Å². The van der Waals surface area contributed by atoms with Crippen molar-refractivity contribution < 1.29 is 60.8 Å². The number of pyridine rings is 4. The Morgan fingerprint density at radius 3 is 1.32 bits per heavy atom. The van der Waals surface area contributed by atoms with Crippen LogP contribution in [0.1, 0.15) is 86.7 Å². The fourth-order valence-corrected chi connectivity index (χ4v) is 10.8. The summed E-state index contributed by atoms with van der Waals surface area (Å²) in [6, 6.07) is 32.2. The summed E-state index contributed by atoms with van der Waals surface area (Å²) in [5, 5.41) is 45.1. The number of rotatable bonds is 13. The third kappa shape index (κ3) is 17.3. The van der Waals surface area contributed by atoms with Crippen molar-refractivity contribution >= 4 is 121 Å². The lowest BCUT2D eigenvalue weighted by atomic mass is 10.1. The van der Waals surface area contributed by atoms with Gasteiger partial charge in [0.2, 0.25) is 17.3 Å². The maximum Gasteiger partial charge on any atom is 0.270 e. The van der Waals surface area contributed by atoms with Crippen LogP contribution in [0.4, 0.5) is 22.0 Å². The molecule has 0 fully saturated rings. The molecule has 0 amide bonds. The van der Waals surface area contributed by atoms with Gasteiger partial charge in [0.25, 0.3) is 5.24 Å². The van der Waals surface area contributed by atoms with Crippen LogP contribution in [0.2, 0.25) is 0 Å². The number of carbonyl (C=O) groups excluding carboxylic acids is 4. The van der Waals surface area contributed by atoms with Gasteiger partial charge in [-0.1, -0.05) is 0 Å². The van der Waals surface area contributed by atoms with E-state index in [1.54, 1.807) is 52.0 Å². The number of aromatic amines is 1. The van der Waals surface area contributed by atoms with Crippen molar-refractivity contribution in [2.75, 3.05) is 14.2 Å². The summed E-state index contributed by atoms with van der Waals surface area (Å²) >= 11 is 11.4. The molecule has 0 spiro atoms. The number of benzene rings is 5. The van der Waals surface area contributed by atoms with Gasteiger partial charge in [-0.05, 0) is 205 Å². The first-order chi connectivity index (χ1) is 47.5. The molecule has 22 nitrogen and oxygen atoms in total. The standard InChI is InChI=1S/C16H14FN3O2.C15H10Br2FN3O2.C15H12FN3O2.C9H9FN2.C7H6ClNO2.C7H5FN2/c1-3-20-15(12-8-10(17)4-6-13(12)19-20)16(21)14-7-5-11(22-2)9-18-14;1-2-21-12(8-5-7(18)3-4-10(8)20-21)14(23)11-6-9(16)13(22)15(17)19-11;1-2-19-14(11-7-9(16)3-5-12(11)18-19)15(21)13-6-4-10(20)8-17-13;1-2-12-6-7-5-8(10)3-4-9(7)11-12;1-11-5-2-3-6(7(8)10)9-4-5;8-6-1-2-7-5(3-6)4-9-10-7/h4-9H,3H2,1-2H3;3-6,22H,2H2,1H3;3-8,20H,2H2,1H3;3-6H,2H2,1H3;2-4H,1H3;1-4H,(H,9,10). The summed E-state index contributed by atoms with van der Waals surface area (Å²) in [6.07, 6.45) is 7.55. The molecule has 3 N–H and O–H groups in total. The van der Waals surface area contributed by atoms with Crippen LogP contribution in [-0.4, -0.2) is 116 Å². The molecule has 9 heterocycles. The molecule has 0 saturated carbocycles. The number of aromatic nitrogens is 14. The highest BCUT2D eigenvalue weighted by molar-refractivity contribution is 9.11. The number of nitrogens with zero attached hydrogens (tertiary/aromatic N) is 13. The Balaban J connectivity index is 0.000000143. The zero-order valence-electron chi connectivity index (χ0n) is 53.1. The number of ketones is 3. The Bertz CT molecular complexity index is 5220. The first kappa shape index (κ1) is 72.1. The molecule has 99 heavy (non-hydrogen) atoms. The number of hydrogen-bond acceptors (Lipinski definition) is 17. The second-order valence-electron chi connectivity index (χ2n) is 20.7. The van der Waals surface area contributed by atoms with Crippen molar-refractivity contribution in [1.82, 2.24) is 69.3 Å². The largest absolute Gasteiger partial charge is 0.506 e. The zero-order valence-corrected chi connectivity index (χ0v) is 57.0. The molecule has 30 heteroatoms. The first-order valence-corrected chi connectivity index (χ1v) is 31.7. The predicted octanol–water partition coefficient (Wildman–Crippen LogP) is 14.8. The maximum absolute atomic E-state index is 13.6. The molecule has 0 saturated heterocycles. The molecule has 0 unspecified atom stereocenters. The van der Waals surface area contributed by atoms with Gasteiger partial charge in [0, 0.05) is 59.3 Å². The van der Waals surface area contributed by atoms with Crippen LogP contribution < -0.4 is 9.47 Å². The van der Waals surface area contributed by atoms with Gasteiger partial charge in [-0.15, -0.1) is 0 Å². The van der Waals surface area contributed by atoms with E-state index in [0.717, 1.165) is 28.4 Å². The summed E-state index contributed by atoms with van der Waals surface area (Å²) in [5.74, 6) is -1.71. The summed E-state index contributed by atoms with van der Waals surface area (Å²) in [5.41, 5.74) is 5.07. The number of nitrogens with one attached hydrogen (secondary N) is 1. The number of methoxy groups -OCH3 is 2. The third-order valence-electron chi connectivity index (χ3n) is 14.4. The molecule has 5 aromatic carbocycles. The number of halogens is 8. The number of aryl methyl sites for hydroxylation is 4. The Kier molecular flexibility index (Phi) is 23.8. The van der Waals surface area contributed by atoms with Crippen LogP contribution in [0.15, 0.2) is 174 Å². The fraction of sp³-hybridized carbons (Fsp3) is 0.145. The van der Waals surface area contributed by atoms with E-state index in [-0.39, 0.29) is 67.8 Å². The van der Waals surface area contributed by atoms with Gasteiger partial charge < -0.3 is 19.7 Å². The molecular formula is C69H56Br2ClF5N14O8. The van der Waals surface area contributed by atoms with Crippen LogP contribution in [0.3, 0.4) is 0 Å². The number of aromatic hydroxyl groups is 2. The lowest BCUT2D eigenvalue weighted by Crippen LogP contribution is -2.12. The van der Waals surface area contributed by atoms with Crippen molar-refractivity contribution in [1.29, 1.82) is 0 Å². The molecule has 0 atom stereocenters. The van der Waals surface area contributed by atoms with Crippen LogP contribution in [0, 0.1) is 29.1 Å². The Labute approximate surface area is 580 Å². The Hall–Kier alpha value is -11.2. The van der Waals surface area contributed by atoms with Gasteiger partial charge >= 0.3 is 0 Å². The van der Waals surface area contributed by atoms with Crippen molar-refractivity contribution in [2.45, 2.75) is 53.9 Å². The quantitative estimate of drug-likeness (QED) is 0.0419. The average Bonchev–Trinajstić information content (AvgIpc) is 1.65. The number of fused-ring (bicyclic) bond motifs is 5. The number of ether oxygens (including phenoxy) is 2. The minimum Gasteiger partial charge on any atom is -0.506 e. The Morgan fingerprint density at radius 1 is 0.485 bits per heavy atom. The van der Waals surface area contributed by atoms with Crippen molar-refractivity contribution in [3.63, 3.8) is 0 Å². The highest BCUT2D eigenvalue weighted by Gasteiger charge is 2.25. The molecule has 9 aromatic heterocycles. The molecule has 0 aliphatic carbocycles. The summed E-state index contributed by atoms with van der Waals surface area (Å²) < 4.78 is 82.5. The van der Waals surface area contributed by atoms with E-state index in [9.17, 15) is 51.3 Å². The highest BCUT2D eigenvalue weighted by atomic mass is 79.9. The predicted molar refractivity (Wildman–Crippen MR) is 367 cm³/mol. The molecular weight excluding hydrogens is 1440 g/mol. The van der Waals surface area contributed by atoms with Crippen LogP contribution in [0.5, 0.6) is 23.0 Å². The van der Waals surface area contributed by atoms with Gasteiger partial charge in [0.05, 0.1) is 71.1 Å². The molecule has 0 aliphatic heterocycles. The number of carbonyl (C=O) groups is 4. The lowest BCUT2D eigenvalue weighted by molar-refractivity contribution is 0.101. The van der Waals surface area contributed by atoms with Gasteiger partial charge in [-0.25, -0.2) is 41.9 Å². The molecule has 506 valence electrons. The normalized spacial score (nSPS) is 10.7. The summed E-state index contributed by atoms with van der Waals surface area (Å²) in [4.78, 5) is 64.5. The van der Waals surface area contributed by atoms with E-state index in [1.165, 1.54) is 139 Å².